The Morgan fingerprint density at radius 1 is 1.50 bits per heavy atom. The molecule has 54 valence electrons. The fraction of sp³-hybridized carbons (Fsp3) is 0.286. The van der Waals surface area contributed by atoms with Gasteiger partial charge >= 0.3 is 0 Å². The average Bonchev–Trinajstić information content (AvgIpc) is 2.05. The Hall–Kier alpha value is -0.410. The van der Waals surface area contributed by atoms with E-state index in [0.717, 1.165) is 5.56 Å². The van der Waals surface area contributed by atoms with Crippen molar-refractivity contribution in [3.63, 3.8) is 0 Å². The van der Waals surface area contributed by atoms with Crippen molar-refractivity contribution in [1.29, 1.82) is 0 Å². The lowest BCUT2D eigenvalue weighted by atomic mass is 10.2. The van der Waals surface area contributed by atoms with E-state index >= 15 is 0 Å². The summed E-state index contributed by atoms with van der Waals surface area (Å²) in [7, 11) is 0. The van der Waals surface area contributed by atoms with Gasteiger partial charge in [-0.2, -0.15) is 0 Å². The van der Waals surface area contributed by atoms with Gasteiger partial charge in [0.15, 0.2) is 0 Å². The molecule has 3 heteroatoms. The van der Waals surface area contributed by atoms with Crippen LogP contribution in [0.2, 0.25) is 0 Å². The first-order chi connectivity index (χ1) is 4.84. The third-order valence-electron chi connectivity index (χ3n) is 1.24. The quantitative estimate of drug-likeness (QED) is 0.737. The minimum absolute atomic E-state index is 0.414. The van der Waals surface area contributed by atoms with Crippen LogP contribution in [0.3, 0.4) is 0 Å². The summed E-state index contributed by atoms with van der Waals surface area (Å²) in [5.74, 6) is 0. The van der Waals surface area contributed by atoms with Gasteiger partial charge in [-0.25, -0.2) is 0 Å². The van der Waals surface area contributed by atoms with Gasteiger partial charge in [0.1, 0.15) is 0 Å². The molecule has 0 spiro atoms. The van der Waals surface area contributed by atoms with E-state index in [1.165, 1.54) is 0 Å². The van der Waals surface area contributed by atoms with Crippen LogP contribution < -0.4 is 0 Å². The maximum Gasteiger partial charge on any atom is 0.0887 e. The number of pyridine rings is 1. The van der Waals surface area contributed by atoms with Crippen molar-refractivity contribution in [1.82, 2.24) is 4.98 Å². The number of nitrogens with zero attached hydrogens (tertiary/aromatic N) is 1. The molecule has 0 saturated heterocycles. The predicted molar refractivity (Wildman–Crippen MR) is 43.0 cm³/mol. The summed E-state index contributed by atoms with van der Waals surface area (Å²) in [6.07, 6.45) is 2.92. The van der Waals surface area contributed by atoms with Crippen molar-refractivity contribution < 1.29 is 5.11 Å². The van der Waals surface area contributed by atoms with Crippen LogP contribution in [0.4, 0.5) is 0 Å². The molecule has 0 unspecified atom stereocenters. The van der Waals surface area contributed by atoms with Crippen molar-refractivity contribution in [2.24, 2.45) is 0 Å². The molecule has 0 aliphatic rings. The maximum absolute atomic E-state index is 9.25. The van der Waals surface area contributed by atoms with Gasteiger partial charge < -0.3 is 5.11 Å². The summed E-state index contributed by atoms with van der Waals surface area (Å²) >= 11 is 3.18. The molecule has 2 nitrogen and oxygen atoms in total. The largest absolute Gasteiger partial charge is 0.388 e. The smallest absolute Gasteiger partial charge is 0.0887 e. The molecule has 0 saturated carbocycles. The van der Waals surface area contributed by atoms with Crippen LogP contribution in [0, 0.1) is 0 Å². The number of aliphatic hydroxyl groups excluding tert-OH is 1. The number of halogens is 1. The molecule has 0 aliphatic heterocycles. The second-order valence-corrected chi connectivity index (χ2v) is 2.60. The second kappa shape index (κ2) is 3.68. The molecular weight excluding hydrogens is 194 g/mol. The molecule has 0 aromatic carbocycles. The highest BCUT2D eigenvalue weighted by molar-refractivity contribution is 9.09. The Kier molecular flexibility index (Phi) is 2.83. The molecule has 1 rings (SSSR count). The second-order valence-electron chi connectivity index (χ2n) is 1.95. The highest BCUT2D eigenvalue weighted by Crippen LogP contribution is 2.12. The van der Waals surface area contributed by atoms with Crippen LogP contribution in [-0.4, -0.2) is 15.4 Å². The number of hydrogen-bond acceptors (Lipinski definition) is 2. The molecule has 0 fully saturated rings. The Morgan fingerprint density at radius 2 is 2.10 bits per heavy atom. The number of rotatable bonds is 2. The zero-order valence-corrected chi connectivity index (χ0v) is 6.95. The third-order valence-corrected chi connectivity index (χ3v) is 1.85. The average molecular weight is 202 g/mol. The van der Waals surface area contributed by atoms with Crippen molar-refractivity contribution in [2.75, 3.05) is 5.33 Å². The van der Waals surface area contributed by atoms with E-state index in [-0.39, 0.29) is 0 Å². The molecule has 1 atom stereocenters. The van der Waals surface area contributed by atoms with Crippen molar-refractivity contribution in [2.45, 2.75) is 6.10 Å². The zero-order valence-electron chi connectivity index (χ0n) is 5.37. The monoisotopic (exact) mass is 201 g/mol. The fourth-order valence-corrected chi connectivity index (χ4v) is 1.05. The van der Waals surface area contributed by atoms with Crippen molar-refractivity contribution in [3.05, 3.63) is 30.1 Å². The highest BCUT2D eigenvalue weighted by Gasteiger charge is 2.02. The Labute approximate surface area is 68.0 Å². The standard InChI is InChI=1S/C7H8BrNO/c8-5-7(10)6-1-3-9-4-2-6/h1-4,7,10H,5H2/t7-/m1/s1. The Bertz CT molecular complexity index is 190. The normalized spacial score (nSPS) is 13.0. The summed E-state index contributed by atoms with van der Waals surface area (Å²) < 4.78 is 0. The molecule has 1 heterocycles. The van der Waals surface area contributed by atoms with Crippen LogP contribution in [0.15, 0.2) is 24.5 Å². The van der Waals surface area contributed by atoms with E-state index in [1.54, 1.807) is 24.5 Å². The summed E-state index contributed by atoms with van der Waals surface area (Å²) in [6, 6.07) is 3.60. The van der Waals surface area contributed by atoms with Gasteiger partial charge in [-0.05, 0) is 17.7 Å². The molecule has 1 N–H and O–H groups in total. The topological polar surface area (TPSA) is 33.1 Å². The summed E-state index contributed by atoms with van der Waals surface area (Å²) in [6.45, 7) is 0. The van der Waals surface area contributed by atoms with Gasteiger partial charge in [-0.3, -0.25) is 4.98 Å². The lowest BCUT2D eigenvalue weighted by Gasteiger charge is -2.04. The number of aliphatic hydroxyl groups is 1. The molecule has 0 bridgehead atoms. The predicted octanol–water partition coefficient (Wildman–Crippen LogP) is 1.51. The maximum atomic E-state index is 9.25. The summed E-state index contributed by atoms with van der Waals surface area (Å²) in [5, 5.41) is 9.82. The third kappa shape index (κ3) is 1.78. The Morgan fingerprint density at radius 3 is 2.60 bits per heavy atom. The summed E-state index contributed by atoms with van der Waals surface area (Å²) in [5.41, 5.74) is 0.895. The van der Waals surface area contributed by atoms with Gasteiger partial charge in [0.25, 0.3) is 0 Å². The lowest BCUT2D eigenvalue weighted by molar-refractivity contribution is 0.205. The molecular formula is C7H8BrNO. The van der Waals surface area contributed by atoms with E-state index < -0.39 is 6.10 Å². The van der Waals surface area contributed by atoms with Crippen LogP contribution in [0.5, 0.6) is 0 Å². The first-order valence-corrected chi connectivity index (χ1v) is 4.10. The van der Waals surface area contributed by atoms with Crippen LogP contribution in [-0.2, 0) is 0 Å². The number of aromatic nitrogens is 1. The minimum atomic E-state index is -0.414. The van der Waals surface area contributed by atoms with Crippen molar-refractivity contribution >= 4 is 15.9 Å². The van der Waals surface area contributed by atoms with Crippen LogP contribution in [0.25, 0.3) is 0 Å². The molecule has 0 aliphatic carbocycles. The van der Waals surface area contributed by atoms with Gasteiger partial charge in [-0.1, -0.05) is 15.9 Å². The number of alkyl halides is 1. The number of hydrogen-bond donors (Lipinski definition) is 1. The van der Waals surface area contributed by atoms with Crippen LogP contribution in [0.1, 0.15) is 11.7 Å². The van der Waals surface area contributed by atoms with Crippen LogP contribution >= 0.6 is 15.9 Å². The van der Waals surface area contributed by atoms with Gasteiger partial charge in [0.2, 0.25) is 0 Å². The van der Waals surface area contributed by atoms with E-state index in [0.29, 0.717) is 5.33 Å². The minimum Gasteiger partial charge on any atom is -0.388 e. The van der Waals surface area contributed by atoms with E-state index in [4.69, 9.17) is 0 Å². The molecule has 10 heavy (non-hydrogen) atoms. The molecule has 1 aromatic heterocycles. The first kappa shape index (κ1) is 7.69. The van der Waals surface area contributed by atoms with E-state index in [1.807, 2.05) is 0 Å². The van der Waals surface area contributed by atoms with Gasteiger partial charge in [0.05, 0.1) is 6.10 Å². The molecule has 0 radical (unpaired) electrons. The molecule has 0 amide bonds. The lowest BCUT2D eigenvalue weighted by Crippen LogP contribution is -1.97. The Balaban J connectivity index is 2.75. The zero-order chi connectivity index (χ0) is 7.40. The SMILES string of the molecule is O[C@H](CBr)c1ccncc1. The first-order valence-electron chi connectivity index (χ1n) is 2.98. The van der Waals surface area contributed by atoms with Gasteiger partial charge in [0, 0.05) is 17.7 Å². The van der Waals surface area contributed by atoms with E-state index in [9.17, 15) is 5.11 Å². The summed E-state index contributed by atoms with van der Waals surface area (Å²) in [4.78, 5) is 3.84. The van der Waals surface area contributed by atoms with Crippen molar-refractivity contribution in [3.8, 4) is 0 Å². The van der Waals surface area contributed by atoms with Gasteiger partial charge in [-0.15, -0.1) is 0 Å². The fourth-order valence-electron chi connectivity index (χ4n) is 0.675. The molecule has 1 aromatic rings. The highest BCUT2D eigenvalue weighted by atomic mass is 79.9. The van der Waals surface area contributed by atoms with E-state index in [2.05, 4.69) is 20.9 Å².